The van der Waals surface area contributed by atoms with Gasteiger partial charge in [-0.2, -0.15) is 4.99 Å². The van der Waals surface area contributed by atoms with Crippen LogP contribution in [0, 0.1) is 0 Å². The van der Waals surface area contributed by atoms with Crippen LogP contribution in [-0.2, 0) is 26.0 Å². The van der Waals surface area contributed by atoms with Gasteiger partial charge in [0.1, 0.15) is 17.3 Å². The first-order valence-electron chi connectivity index (χ1n) is 10.5. The summed E-state index contributed by atoms with van der Waals surface area (Å²) >= 11 is 1.30. The molecule has 0 aliphatic carbocycles. The van der Waals surface area contributed by atoms with Crippen molar-refractivity contribution in [3.63, 3.8) is 0 Å². The summed E-state index contributed by atoms with van der Waals surface area (Å²) in [6.45, 7) is 5.08. The topological polar surface area (TPSA) is 98.0 Å². The number of amides is 2. The summed E-state index contributed by atoms with van der Waals surface area (Å²) < 4.78 is 33.1. The Morgan fingerprint density at radius 3 is 2.68 bits per heavy atom. The number of piperidine rings is 1. The maximum absolute atomic E-state index is 12.6. The first-order chi connectivity index (χ1) is 14.8. The molecule has 0 spiro atoms. The smallest absolute Gasteiger partial charge is 0.263 e. The molecule has 8 nitrogen and oxygen atoms in total. The molecule has 3 rings (SSSR count). The van der Waals surface area contributed by atoms with Gasteiger partial charge in [-0.05, 0) is 50.8 Å². The molecule has 0 N–H and O–H groups in total. The Balaban J connectivity index is 1.77. The number of fused-ring (bicyclic) bond motifs is 1. The summed E-state index contributed by atoms with van der Waals surface area (Å²) in [4.78, 5) is 31.2. The molecule has 31 heavy (non-hydrogen) atoms. The molecule has 170 valence electrons. The molecule has 2 aromatic rings. The highest BCUT2D eigenvalue weighted by atomic mass is 32.2. The summed E-state index contributed by atoms with van der Waals surface area (Å²) in [6, 6.07) is 5.65. The Kier molecular flexibility index (Phi) is 7.53. The fourth-order valence-corrected chi connectivity index (χ4v) is 6.20. The van der Waals surface area contributed by atoms with Gasteiger partial charge < -0.3 is 14.2 Å². The molecule has 1 aromatic carbocycles. The highest BCUT2D eigenvalue weighted by molar-refractivity contribution is 7.92. The van der Waals surface area contributed by atoms with Gasteiger partial charge in [0, 0.05) is 19.1 Å². The van der Waals surface area contributed by atoms with Gasteiger partial charge in [0.25, 0.3) is 5.91 Å². The van der Waals surface area contributed by atoms with Gasteiger partial charge >= 0.3 is 0 Å². The Bertz CT molecular complexity index is 1130. The molecule has 1 atom stereocenters. The van der Waals surface area contributed by atoms with Crippen LogP contribution in [0.25, 0.3) is 10.2 Å². The van der Waals surface area contributed by atoms with E-state index in [4.69, 9.17) is 4.74 Å². The first-order valence-corrected chi connectivity index (χ1v) is 13.2. The van der Waals surface area contributed by atoms with Crippen molar-refractivity contribution in [1.82, 2.24) is 9.47 Å². The molecule has 0 bridgehead atoms. The first kappa shape index (κ1) is 23.5. The lowest BCUT2D eigenvalue weighted by Crippen LogP contribution is -2.46. The Morgan fingerprint density at radius 1 is 1.23 bits per heavy atom. The van der Waals surface area contributed by atoms with Crippen LogP contribution < -0.4 is 9.54 Å². The van der Waals surface area contributed by atoms with Gasteiger partial charge in [-0.25, -0.2) is 8.42 Å². The van der Waals surface area contributed by atoms with Crippen LogP contribution in [0.1, 0.15) is 39.5 Å². The van der Waals surface area contributed by atoms with Gasteiger partial charge in [-0.3, -0.25) is 9.59 Å². The number of aryl methyl sites for hydroxylation is 1. The van der Waals surface area contributed by atoms with Crippen LogP contribution in [0.15, 0.2) is 23.2 Å². The number of aromatic nitrogens is 1. The zero-order valence-corrected chi connectivity index (χ0v) is 19.8. The minimum absolute atomic E-state index is 0.0795. The van der Waals surface area contributed by atoms with Crippen LogP contribution in [0.2, 0.25) is 0 Å². The number of sulfone groups is 1. The zero-order valence-electron chi connectivity index (χ0n) is 18.2. The average molecular weight is 468 g/mol. The monoisotopic (exact) mass is 467 g/mol. The molecule has 1 aromatic heterocycles. The van der Waals surface area contributed by atoms with Crippen LogP contribution in [0.3, 0.4) is 0 Å². The number of ether oxygens (including phenoxy) is 1. The van der Waals surface area contributed by atoms with Gasteiger partial charge in [0.2, 0.25) is 5.91 Å². The number of rotatable bonds is 7. The summed E-state index contributed by atoms with van der Waals surface area (Å²) in [5, 5.41) is 0. The lowest BCUT2D eigenvalue weighted by Gasteiger charge is -2.35. The summed E-state index contributed by atoms with van der Waals surface area (Å²) in [6.07, 6.45) is 3.62. The minimum Gasteiger partial charge on any atom is -0.497 e. The number of thiazole rings is 1. The van der Waals surface area contributed by atoms with Crippen molar-refractivity contribution in [2.45, 2.75) is 52.1 Å². The molecular weight excluding hydrogens is 438 g/mol. The van der Waals surface area contributed by atoms with E-state index in [9.17, 15) is 18.0 Å². The summed E-state index contributed by atoms with van der Waals surface area (Å²) in [5.41, 5.74) is 0.897. The average Bonchev–Trinajstić information content (AvgIpc) is 3.08. The molecule has 0 saturated carbocycles. The van der Waals surface area contributed by atoms with Gasteiger partial charge in [-0.1, -0.05) is 18.3 Å². The number of carbonyl (C=O) groups is 2. The molecule has 1 unspecified atom stereocenters. The zero-order chi connectivity index (χ0) is 22.6. The van der Waals surface area contributed by atoms with Crippen molar-refractivity contribution in [2.75, 3.05) is 25.2 Å². The third kappa shape index (κ3) is 5.54. The molecule has 0 radical (unpaired) electrons. The highest BCUT2D eigenvalue weighted by Gasteiger charge is 2.29. The number of carbonyl (C=O) groups excluding carboxylic acids is 2. The maximum Gasteiger partial charge on any atom is 0.263 e. The number of likely N-dealkylation sites (tertiary alicyclic amines) is 1. The third-order valence-corrected chi connectivity index (χ3v) is 7.95. The standard InChI is InChI=1S/C21H29N3O5S2/c1-4-15-8-6-7-11-24(15)20(26)14-31(27,28)13-19(25)22-21-23(5-2)17-10-9-16(29-3)12-18(17)30-21/h9-10,12,15H,4-8,11,13-14H2,1-3H3. The van der Waals surface area contributed by atoms with Crippen molar-refractivity contribution in [3.05, 3.63) is 23.0 Å². The van der Waals surface area contributed by atoms with Crippen LogP contribution in [-0.4, -0.2) is 60.9 Å². The van der Waals surface area contributed by atoms with Crippen molar-refractivity contribution in [1.29, 1.82) is 0 Å². The van der Waals surface area contributed by atoms with Gasteiger partial charge in [0.15, 0.2) is 14.6 Å². The second kappa shape index (κ2) is 9.95. The van der Waals surface area contributed by atoms with E-state index in [2.05, 4.69) is 4.99 Å². The van der Waals surface area contributed by atoms with E-state index in [-0.39, 0.29) is 6.04 Å². The predicted molar refractivity (Wildman–Crippen MR) is 121 cm³/mol. The molecule has 2 amide bonds. The van der Waals surface area contributed by atoms with Crippen molar-refractivity contribution < 1.29 is 22.7 Å². The molecule has 1 aliphatic rings. The SMILES string of the molecule is CCC1CCCCN1C(=O)CS(=O)(=O)CC(=O)N=c1sc2cc(OC)ccc2n1CC. The minimum atomic E-state index is -3.90. The third-order valence-electron chi connectivity index (χ3n) is 5.53. The van der Waals surface area contributed by atoms with Crippen LogP contribution >= 0.6 is 11.3 Å². The Morgan fingerprint density at radius 2 is 2.00 bits per heavy atom. The van der Waals surface area contributed by atoms with E-state index >= 15 is 0 Å². The normalized spacial score (nSPS) is 17.8. The predicted octanol–water partition coefficient (Wildman–Crippen LogP) is 2.36. The Labute approximate surface area is 186 Å². The lowest BCUT2D eigenvalue weighted by atomic mass is 10.0. The number of hydrogen-bond donors (Lipinski definition) is 0. The van der Waals surface area contributed by atoms with E-state index in [1.54, 1.807) is 12.0 Å². The fraction of sp³-hybridized carbons (Fsp3) is 0.571. The molecule has 10 heteroatoms. The highest BCUT2D eigenvalue weighted by Crippen LogP contribution is 2.23. The summed E-state index contributed by atoms with van der Waals surface area (Å²) in [7, 11) is -2.32. The van der Waals surface area contributed by atoms with Crippen molar-refractivity contribution in [3.8, 4) is 5.75 Å². The maximum atomic E-state index is 12.6. The number of benzene rings is 1. The van der Waals surface area contributed by atoms with E-state index in [1.807, 2.05) is 36.6 Å². The van der Waals surface area contributed by atoms with E-state index in [0.29, 0.717) is 23.6 Å². The number of nitrogens with zero attached hydrogens (tertiary/aromatic N) is 3. The van der Waals surface area contributed by atoms with Crippen LogP contribution in [0.4, 0.5) is 0 Å². The van der Waals surface area contributed by atoms with E-state index < -0.39 is 33.2 Å². The largest absolute Gasteiger partial charge is 0.497 e. The van der Waals surface area contributed by atoms with Gasteiger partial charge in [0.05, 0.1) is 17.3 Å². The molecule has 2 heterocycles. The van der Waals surface area contributed by atoms with Crippen molar-refractivity contribution in [2.24, 2.45) is 4.99 Å². The fourth-order valence-electron chi connectivity index (χ4n) is 3.97. The second-order valence-electron chi connectivity index (χ2n) is 7.65. The molecular formula is C21H29N3O5S2. The second-order valence-corrected chi connectivity index (χ2v) is 10.7. The Hall–Kier alpha value is -2.20. The number of methoxy groups -OCH3 is 1. The van der Waals surface area contributed by atoms with E-state index in [1.165, 1.54) is 11.3 Å². The lowest BCUT2D eigenvalue weighted by molar-refractivity contribution is -0.132. The molecule has 1 aliphatic heterocycles. The molecule has 1 saturated heterocycles. The molecule has 1 fully saturated rings. The van der Waals surface area contributed by atoms with Gasteiger partial charge in [-0.15, -0.1) is 0 Å². The van der Waals surface area contributed by atoms with Crippen molar-refractivity contribution >= 4 is 43.2 Å². The van der Waals surface area contributed by atoms with E-state index in [0.717, 1.165) is 35.9 Å². The van der Waals surface area contributed by atoms with Crippen LogP contribution in [0.5, 0.6) is 5.75 Å². The quantitative estimate of drug-likeness (QED) is 0.623. The summed E-state index contributed by atoms with van der Waals surface area (Å²) in [5.74, 6) is -1.91. The number of hydrogen-bond acceptors (Lipinski definition) is 6.